The normalized spacial score (nSPS) is 39.6. The predicted octanol–water partition coefficient (Wildman–Crippen LogP) is 2.62. The van der Waals surface area contributed by atoms with Gasteiger partial charge in [0.15, 0.2) is 0 Å². The number of ether oxygens (including phenoxy) is 1. The zero-order chi connectivity index (χ0) is 10.2. The van der Waals surface area contributed by atoms with Gasteiger partial charge in [-0.25, -0.2) is 0 Å². The third kappa shape index (κ3) is 1.45. The van der Waals surface area contributed by atoms with Crippen molar-refractivity contribution in [2.75, 3.05) is 6.61 Å². The largest absolute Gasteiger partial charge is 0.468 e. The SMILES string of the molecule is CC(C)C12CCC(CCOC=O)C1C2. The molecule has 0 aromatic carbocycles. The minimum Gasteiger partial charge on any atom is -0.468 e. The smallest absolute Gasteiger partial charge is 0.293 e. The molecule has 0 N–H and O–H groups in total. The Bertz CT molecular complexity index is 224. The molecule has 0 aromatic heterocycles. The molecule has 2 aliphatic rings. The molecule has 2 rings (SSSR count). The van der Waals surface area contributed by atoms with E-state index < -0.39 is 0 Å². The first-order valence-corrected chi connectivity index (χ1v) is 5.76. The van der Waals surface area contributed by atoms with Gasteiger partial charge < -0.3 is 4.74 Å². The minimum absolute atomic E-state index is 0.567. The summed E-state index contributed by atoms with van der Waals surface area (Å²) in [5.74, 6) is 2.61. The molecule has 14 heavy (non-hydrogen) atoms. The molecule has 2 saturated carbocycles. The fourth-order valence-electron chi connectivity index (χ4n) is 3.49. The quantitative estimate of drug-likeness (QED) is 0.499. The molecule has 0 saturated heterocycles. The van der Waals surface area contributed by atoms with Crippen molar-refractivity contribution in [1.82, 2.24) is 0 Å². The average molecular weight is 196 g/mol. The lowest BCUT2D eigenvalue weighted by Gasteiger charge is -2.15. The van der Waals surface area contributed by atoms with Crippen molar-refractivity contribution in [3.05, 3.63) is 0 Å². The summed E-state index contributed by atoms with van der Waals surface area (Å²) in [6, 6.07) is 0. The van der Waals surface area contributed by atoms with Crippen LogP contribution in [0, 0.1) is 23.2 Å². The van der Waals surface area contributed by atoms with E-state index >= 15 is 0 Å². The Morgan fingerprint density at radius 1 is 1.57 bits per heavy atom. The lowest BCUT2D eigenvalue weighted by atomic mass is 9.90. The van der Waals surface area contributed by atoms with Crippen LogP contribution < -0.4 is 0 Å². The maximum atomic E-state index is 10.0. The summed E-state index contributed by atoms with van der Waals surface area (Å²) in [5.41, 5.74) is 0.686. The third-order valence-corrected chi connectivity index (χ3v) is 4.55. The average Bonchev–Trinajstić information content (AvgIpc) is 2.80. The molecule has 2 nitrogen and oxygen atoms in total. The summed E-state index contributed by atoms with van der Waals surface area (Å²) in [7, 11) is 0. The number of fused-ring (bicyclic) bond motifs is 1. The van der Waals surface area contributed by atoms with Crippen molar-refractivity contribution in [2.24, 2.45) is 23.2 Å². The van der Waals surface area contributed by atoms with Crippen LogP contribution in [-0.4, -0.2) is 13.1 Å². The number of hydrogen-bond donors (Lipinski definition) is 0. The van der Waals surface area contributed by atoms with Gasteiger partial charge in [-0.3, -0.25) is 4.79 Å². The second kappa shape index (κ2) is 3.56. The Kier molecular flexibility index (Phi) is 2.54. The highest BCUT2D eigenvalue weighted by molar-refractivity contribution is 5.36. The van der Waals surface area contributed by atoms with E-state index in [-0.39, 0.29) is 0 Å². The number of carbonyl (C=O) groups excluding carboxylic acids is 1. The van der Waals surface area contributed by atoms with Crippen LogP contribution in [0.3, 0.4) is 0 Å². The van der Waals surface area contributed by atoms with Gasteiger partial charge in [-0.05, 0) is 48.9 Å². The molecule has 0 radical (unpaired) electrons. The highest BCUT2D eigenvalue weighted by atomic mass is 16.5. The Morgan fingerprint density at radius 3 is 2.86 bits per heavy atom. The van der Waals surface area contributed by atoms with E-state index in [1.807, 2.05) is 0 Å². The van der Waals surface area contributed by atoms with Crippen LogP contribution >= 0.6 is 0 Å². The van der Waals surface area contributed by atoms with Crippen LogP contribution in [0.4, 0.5) is 0 Å². The summed E-state index contributed by atoms with van der Waals surface area (Å²) in [6.45, 7) is 5.89. The van der Waals surface area contributed by atoms with Gasteiger partial charge in [0, 0.05) is 0 Å². The van der Waals surface area contributed by atoms with Crippen LogP contribution in [0.1, 0.15) is 39.5 Å². The number of rotatable bonds is 5. The summed E-state index contributed by atoms with van der Waals surface area (Å²) in [5, 5.41) is 0. The maximum absolute atomic E-state index is 10.0. The van der Waals surface area contributed by atoms with Gasteiger partial charge in [-0.1, -0.05) is 13.8 Å². The molecule has 0 aromatic rings. The van der Waals surface area contributed by atoms with Crippen molar-refractivity contribution < 1.29 is 9.53 Å². The summed E-state index contributed by atoms with van der Waals surface area (Å²) in [6.07, 6.45) is 5.26. The Morgan fingerprint density at radius 2 is 2.36 bits per heavy atom. The first kappa shape index (κ1) is 10.0. The Hall–Kier alpha value is -0.530. The predicted molar refractivity (Wildman–Crippen MR) is 54.7 cm³/mol. The molecule has 0 heterocycles. The highest BCUT2D eigenvalue weighted by Gasteiger charge is 2.62. The molecule has 0 bridgehead atoms. The molecule has 2 fully saturated rings. The van der Waals surface area contributed by atoms with Gasteiger partial charge in [-0.2, -0.15) is 0 Å². The van der Waals surface area contributed by atoms with Crippen molar-refractivity contribution >= 4 is 6.47 Å². The summed E-state index contributed by atoms with van der Waals surface area (Å²) >= 11 is 0. The topological polar surface area (TPSA) is 26.3 Å². The second-order valence-corrected chi connectivity index (χ2v) is 5.25. The fraction of sp³-hybridized carbons (Fsp3) is 0.917. The Labute approximate surface area is 86.0 Å². The van der Waals surface area contributed by atoms with E-state index in [2.05, 4.69) is 13.8 Å². The summed E-state index contributed by atoms with van der Waals surface area (Å²) in [4.78, 5) is 10.0. The van der Waals surface area contributed by atoms with E-state index in [4.69, 9.17) is 4.74 Å². The van der Waals surface area contributed by atoms with Crippen LogP contribution in [0.25, 0.3) is 0 Å². The van der Waals surface area contributed by atoms with Crippen molar-refractivity contribution in [3.8, 4) is 0 Å². The molecular formula is C12H20O2. The van der Waals surface area contributed by atoms with Crippen LogP contribution in [0.2, 0.25) is 0 Å². The van der Waals surface area contributed by atoms with Gasteiger partial charge >= 0.3 is 0 Å². The van der Waals surface area contributed by atoms with Gasteiger partial charge in [-0.15, -0.1) is 0 Å². The van der Waals surface area contributed by atoms with E-state index in [0.29, 0.717) is 18.5 Å². The molecule has 0 spiro atoms. The first-order valence-electron chi connectivity index (χ1n) is 5.76. The molecule has 2 aliphatic carbocycles. The van der Waals surface area contributed by atoms with Gasteiger partial charge in [0.25, 0.3) is 6.47 Å². The van der Waals surface area contributed by atoms with Crippen LogP contribution in [0.5, 0.6) is 0 Å². The number of hydrogen-bond acceptors (Lipinski definition) is 2. The van der Waals surface area contributed by atoms with E-state index in [1.54, 1.807) is 0 Å². The molecule has 3 atom stereocenters. The molecule has 0 aliphatic heterocycles. The third-order valence-electron chi connectivity index (χ3n) is 4.55. The van der Waals surface area contributed by atoms with E-state index in [0.717, 1.165) is 24.2 Å². The zero-order valence-corrected chi connectivity index (χ0v) is 9.16. The summed E-state index contributed by atoms with van der Waals surface area (Å²) < 4.78 is 4.78. The molecule has 3 unspecified atom stereocenters. The van der Waals surface area contributed by atoms with Crippen molar-refractivity contribution in [3.63, 3.8) is 0 Å². The lowest BCUT2D eigenvalue weighted by molar-refractivity contribution is -0.129. The number of carbonyl (C=O) groups is 1. The fourth-order valence-corrected chi connectivity index (χ4v) is 3.49. The Balaban J connectivity index is 1.80. The first-order chi connectivity index (χ1) is 6.70. The van der Waals surface area contributed by atoms with Gasteiger partial charge in [0.1, 0.15) is 0 Å². The van der Waals surface area contributed by atoms with Gasteiger partial charge in [0.2, 0.25) is 0 Å². The molecule has 2 heteroatoms. The van der Waals surface area contributed by atoms with Crippen LogP contribution in [0.15, 0.2) is 0 Å². The van der Waals surface area contributed by atoms with E-state index in [1.165, 1.54) is 19.3 Å². The standard InChI is InChI=1S/C12H20O2/c1-9(2)12-5-3-10(11(12)7-12)4-6-14-8-13/h8-11H,3-7H2,1-2H3. The molecular weight excluding hydrogens is 176 g/mol. The van der Waals surface area contributed by atoms with E-state index in [9.17, 15) is 4.79 Å². The van der Waals surface area contributed by atoms with Crippen molar-refractivity contribution in [2.45, 2.75) is 39.5 Å². The lowest BCUT2D eigenvalue weighted by Crippen LogP contribution is -2.08. The van der Waals surface area contributed by atoms with Gasteiger partial charge in [0.05, 0.1) is 6.61 Å². The molecule has 0 amide bonds. The maximum Gasteiger partial charge on any atom is 0.293 e. The van der Waals surface area contributed by atoms with Crippen molar-refractivity contribution in [1.29, 1.82) is 0 Å². The zero-order valence-electron chi connectivity index (χ0n) is 9.16. The van der Waals surface area contributed by atoms with Crippen LogP contribution in [-0.2, 0) is 9.53 Å². The highest BCUT2D eigenvalue weighted by Crippen LogP contribution is 2.70. The monoisotopic (exact) mass is 196 g/mol. The molecule has 80 valence electrons. The second-order valence-electron chi connectivity index (χ2n) is 5.25. The minimum atomic E-state index is 0.567.